The molecule has 0 saturated carbocycles. The van der Waals surface area contributed by atoms with E-state index < -0.39 is 0 Å². The fourth-order valence-electron chi connectivity index (χ4n) is 3.54. The highest BCUT2D eigenvalue weighted by Gasteiger charge is 2.19. The molecule has 1 aliphatic rings. The number of aromatic nitrogens is 1. The molecule has 0 atom stereocenters. The van der Waals surface area contributed by atoms with Crippen molar-refractivity contribution in [1.82, 2.24) is 9.88 Å². The lowest BCUT2D eigenvalue weighted by molar-refractivity contribution is 0.247. The molecule has 3 aromatic rings. The van der Waals surface area contributed by atoms with Crippen molar-refractivity contribution in [3.63, 3.8) is 0 Å². The van der Waals surface area contributed by atoms with Crippen LogP contribution in [0.5, 0.6) is 0 Å². The van der Waals surface area contributed by atoms with Crippen molar-refractivity contribution in [1.29, 1.82) is 0 Å². The van der Waals surface area contributed by atoms with E-state index in [1.54, 1.807) is 0 Å². The maximum absolute atomic E-state index is 6.62. The smallest absolute Gasteiger partial charge is 0.0740 e. The average molecular weight is 352 g/mol. The number of fused-ring (bicyclic) bond motifs is 1. The van der Waals surface area contributed by atoms with Crippen molar-refractivity contribution in [2.75, 3.05) is 31.1 Å². The minimum atomic E-state index is 0.809. The standard InChI is InChI=1S/C21H22ClN3/c1-16-18-9-5-6-10-19(18)23-20(21(16)22)15-24-11-13-25(14-12-24)17-7-3-2-4-8-17/h2-10H,11-15H2,1H3. The Bertz CT molecular complexity index is 871. The fraction of sp³-hybridized carbons (Fsp3) is 0.286. The molecule has 128 valence electrons. The van der Waals surface area contributed by atoms with Crippen molar-refractivity contribution in [3.05, 3.63) is 70.9 Å². The largest absolute Gasteiger partial charge is 0.369 e. The van der Waals surface area contributed by atoms with E-state index in [0.717, 1.165) is 59.9 Å². The summed E-state index contributed by atoms with van der Waals surface area (Å²) in [6, 6.07) is 18.9. The first-order valence-corrected chi connectivity index (χ1v) is 9.16. The minimum Gasteiger partial charge on any atom is -0.369 e. The van der Waals surface area contributed by atoms with Crippen molar-refractivity contribution in [3.8, 4) is 0 Å². The van der Waals surface area contributed by atoms with Crippen LogP contribution in [0.3, 0.4) is 0 Å². The molecule has 1 fully saturated rings. The second-order valence-electron chi connectivity index (χ2n) is 6.61. The molecule has 0 N–H and O–H groups in total. The van der Waals surface area contributed by atoms with E-state index in [-0.39, 0.29) is 0 Å². The predicted octanol–water partition coefficient (Wildman–Crippen LogP) is 4.52. The SMILES string of the molecule is Cc1c(Cl)c(CN2CCN(c3ccccc3)CC2)nc2ccccc12. The van der Waals surface area contributed by atoms with Crippen LogP contribution in [0.25, 0.3) is 10.9 Å². The molecule has 0 unspecified atom stereocenters. The third-order valence-electron chi connectivity index (χ3n) is 5.01. The summed E-state index contributed by atoms with van der Waals surface area (Å²) in [5, 5.41) is 1.95. The lowest BCUT2D eigenvalue weighted by atomic mass is 10.1. The quantitative estimate of drug-likeness (QED) is 0.691. The van der Waals surface area contributed by atoms with Gasteiger partial charge in [-0.3, -0.25) is 4.90 Å². The lowest BCUT2D eigenvalue weighted by Gasteiger charge is -2.36. The second kappa shape index (κ2) is 7.03. The average Bonchev–Trinajstić information content (AvgIpc) is 2.67. The van der Waals surface area contributed by atoms with E-state index in [9.17, 15) is 0 Å². The van der Waals surface area contributed by atoms with E-state index in [2.05, 4.69) is 59.2 Å². The van der Waals surface area contributed by atoms with Crippen LogP contribution in [-0.2, 0) is 6.54 Å². The Morgan fingerprint density at radius 1 is 0.920 bits per heavy atom. The summed E-state index contributed by atoms with van der Waals surface area (Å²) in [6.45, 7) is 7.02. The summed E-state index contributed by atoms with van der Waals surface area (Å²) in [5.41, 5.74) is 4.46. The van der Waals surface area contributed by atoms with Gasteiger partial charge in [-0.25, -0.2) is 4.98 Å². The first-order valence-electron chi connectivity index (χ1n) is 8.78. The Morgan fingerprint density at radius 2 is 1.60 bits per heavy atom. The summed E-state index contributed by atoms with van der Waals surface area (Å²) in [6.07, 6.45) is 0. The molecular weight excluding hydrogens is 330 g/mol. The number of para-hydroxylation sites is 2. The molecular formula is C21H22ClN3. The molecule has 3 nitrogen and oxygen atoms in total. The number of rotatable bonds is 3. The van der Waals surface area contributed by atoms with Gasteiger partial charge in [-0.2, -0.15) is 0 Å². The van der Waals surface area contributed by atoms with Crippen LogP contribution in [0.15, 0.2) is 54.6 Å². The van der Waals surface area contributed by atoms with Crippen LogP contribution in [0.1, 0.15) is 11.3 Å². The van der Waals surface area contributed by atoms with Gasteiger partial charge in [0.15, 0.2) is 0 Å². The Kier molecular flexibility index (Phi) is 4.60. The van der Waals surface area contributed by atoms with Gasteiger partial charge in [-0.1, -0.05) is 48.0 Å². The number of hydrogen-bond donors (Lipinski definition) is 0. The Labute approximate surface area is 153 Å². The normalized spacial score (nSPS) is 15.7. The van der Waals surface area contributed by atoms with E-state index in [4.69, 9.17) is 16.6 Å². The molecule has 0 radical (unpaired) electrons. The third kappa shape index (κ3) is 3.35. The molecule has 0 bridgehead atoms. The number of anilines is 1. The zero-order valence-electron chi connectivity index (χ0n) is 14.5. The van der Waals surface area contributed by atoms with Gasteiger partial charge in [-0.05, 0) is 30.7 Å². The maximum Gasteiger partial charge on any atom is 0.0740 e. The van der Waals surface area contributed by atoms with Crippen LogP contribution < -0.4 is 4.90 Å². The van der Waals surface area contributed by atoms with Gasteiger partial charge in [0, 0.05) is 43.8 Å². The Hall–Kier alpha value is -2.10. The van der Waals surface area contributed by atoms with Gasteiger partial charge in [-0.15, -0.1) is 0 Å². The second-order valence-corrected chi connectivity index (χ2v) is 6.99. The highest BCUT2D eigenvalue weighted by molar-refractivity contribution is 6.32. The van der Waals surface area contributed by atoms with E-state index in [1.165, 1.54) is 5.69 Å². The highest BCUT2D eigenvalue weighted by Crippen LogP contribution is 2.28. The maximum atomic E-state index is 6.62. The van der Waals surface area contributed by atoms with Crippen molar-refractivity contribution in [2.45, 2.75) is 13.5 Å². The summed E-state index contributed by atoms with van der Waals surface area (Å²) in [4.78, 5) is 9.71. The molecule has 0 aliphatic carbocycles. The number of piperazine rings is 1. The molecule has 25 heavy (non-hydrogen) atoms. The monoisotopic (exact) mass is 351 g/mol. The third-order valence-corrected chi connectivity index (χ3v) is 5.51. The van der Waals surface area contributed by atoms with Gasteiger partial charge >= 0.3 is 0 Å². The predicted molar refractivity (Wildman–Crippen MR) is 105 cm³/mol. The molecule has 1 aliphatic heterocycles. The first kappa shape index (κ1) is 16.4. The molecule has 1 saturated heterocycles. The lowest BCUT2D eigenvalue weighted by Crippen LogP contribution is -2.46. The summed E-state index contributed by atoms with van der Waals surface area (Å²) in [5.74, 6) is 0. The molecule has 4 heteroatoms. The Morgan fingerprint density at radius 3 is 2.36 bits per heavy atom. The molecule has 0 spiro atoms. The van der Waals surface area contributed by atoms with Crippen LogP contribution in [0, 0.1) is 6.92 Å². The molecule has 2 aromatic carbocycles. The van der Waals surface area contributed by atoms with Crippen molar-refractivity contribution < 1.29 is 0 Å². The van der Waals surface area contributed by atoms with Gasteiger partial charge in [0.2, 0.25) is 0 Å². The van der Waals surface area contributed by atoms with Gasteiger partial charge < -0.3 is 4.90 Å². The van der Waals surface area contributed by atoms with E-state index in [0.29, 0.717) is 0 Å². The van der Waals surface area contributed by atoms with Crippen LogP contribution in [-0.4, -0.2) is 36.1 Å². The molecule has 1 aromatic heterocycles. The van der Waals surface area contributed by atoms with E-state index in [1.807, 2.05) is 12.1 Å². The number of halogens is 1. The number of nitrogens with zero attached hydrogens (tertiary/aromatic N) is 3. The van der Waals surface area contributed by atoms with E-state index >= 15 is 0 Å². The zero-order chi connectivity index (χ0) is 17.2. The molecule has 2 heterocycles. The van der Waals surface area contributed by atoms with Crippen molar-refractivity contribution in [2.24, 2.45) is 0 Å². The van der Waals surface area contributed by atoms with Gasteiger partial charge in [0.1, 0.15) is 0 Å². The highest BCUT2D eigenvalue weighted by atomic mass is 35.5. The van der Waals surface area contributed by atoms with Gasteiger partial charge in [0.25, 0.3) is 0 Å². The first-order chi connectivity index (χ1) is 12.2. The zero-order valence-corrected chi connectivity index (χ0v) is 15.2. The summed E-state index contributed by atoms with van der Waals surface area (Å²) < 4.78 is 0. The van der Waals surface area contributed by atoms with Crippen molar-refractivity contribution >= 4 is 28.2 Å². The summed E-state index contributed by atoms with van der Waals surface area (Å²) in [7, 11) is 0. The summed E-state index contributed by atoms with van der Waals surface area (Å²) >= 11 is 6.62. The Balaban J connectivity index is 1.49. The fourth-order valence-corrected chi connectivity index (χ4v) is 3.74. The minimum absolute atomic E-state index is 0.809. The molecule has 4 rings (SSSR count). The van der Waals surface area contributed by atoms with Gasteiger partial charge in [0.05, 0.1) is 16.2 Å². The van der Waals surface area contributed by atoms with Crippen LogP contribution in [0.2, 0.25) is 5.02 Å². The number of aryl methyl sites for hydroxylation is 1. The van der Waals surface area contributed by atoms with Crippen LogP contribution in [0.4, 0.5) is 5.69 Å². The topological polar surface area (TPSA) is 19.4 Å². The number of pyridine rings is 1. The molecule has 0 amide bonds. The van der Waals surface area contributed by atoms with Crippen LogP contribution >= 0.6 is 11.6 Å². The number of benzene rings is 2. The number of hydrogen-bond acceptors (Lipinski definition) is 3.